The van der Waals surface area contributed by atoms with Crippen molar-refractivity contribution >= 4 is 17.7 Å². The Labute approximate surface area is 159 Å². The molecule has 0 N–H and O–H groups in total. The third-order valence-electron chi connectivity index (χ3n) is 5.30. The molecule has 0 saturated carbocycles. The van der Waals surface area contributed by atoms with Crippen molar-refractivity contribution < 1.29 is 4.74 Å². The molecule has 0 fully saturated rings. The largest absolute Gasteiger partial charge is 0.504 e. The summed E-state index contributed by atoms with van der Waals surface area (Å²) in [5, 5.41) is 0.734. The van der Waals surface area contributed by atoms with Gasteiger partial charge in [-0.2, -0.15) is 0 Å². The van der Waals surface area contributed by atoms with Crippen molar-refractivity contribution in [1.82, 2.24) is 0 Å². The fourth-order valence-electron chi connectivity index (χ4n) is 4.03. The van der Waals surface area contributed by atoms with E-state index in [1.807, 2.05) is 24.3 Å². The van der Waals surface area contributed by atoms with Gasteiger partial charge in [-0.05, 0) is 57.2 Å². The molecule has 0 spiro atoms. The molecule has 26 heavy (non-hydrogen) atoms. The van der Waals surface area contributed by atoms with Gasteiger partial charge in [-0.3, -0.25) is 0 Å². The van der Waals surface area contributed by atoms with E-state index in [-0.39, 0.29) is 5.41 Å². The predicted octanol–water partition coefficient (Wildman–Crippen LogP) is 6.93. The summed E-state index contributed by atoms with van der Waals surface area (Å²) in [6.45, 7) is 4.59. The lowest BCUT2D eigenvalue weighted by molar-refractivity contribution is 0.341. The van der Waals surface area contributed by atoms with Gasteiger partial charge in [0, 0.05) is 10.4 Å². The van der Waals surface area contributed by atoms with Gasteiger partial charge in [-0.15, -0.1) is 0 Å². The van der Waals surface area contributed by atoms with E-state index in [0.29, 0.717) is 0 Å². The molecule has 0 saturated heterocycles. The fourth-order valence-corrected chi connectivity index (χ4v) is 4.20. The predicted molar refractivity (Wildman–Crippen MR) is 110 cm³/mol. The van der Waals surface area contributed by atoms with E-state index in [2.05, 4.69) is 56.3 Å². The summed E-state index contributed by atoms with van der Waals surface area (Å²) in [5.41, 5.74) is 8.76. The summed E-state index contributed by atoms with van der Waals surface area (Å²) in [7, 11) is 1.66. The van der Waals surface area contributed by atoms with Crippen LogP contribution in [0.5, 0.6) is 0 Å². The van der Waals surface area contributed by atoms with E-state index in [9.17, 15) is 0 Å². The van der Waals surface area contributed by atoms with Gasteiger partial charge in [-0.1, -0.05) is 74.0 Å². The summed E-state index contributed by atoms with van der Waals surface area (Å²) >= 11 is 6.35. The quantitative estimate of drug-likeness (QED) is 0.460. The molecule has 1 aliphatic carbocycles. The number of hydrogen-bond donors (Lipinski definition) is 0. The minimum atomic E-state index is -0.0109. The molecule has 1 nitrogen and oxygen atoms in total. The molecule has 4 rings (SSSR count). The molecule has 0 bridgehead atoms. The van der Waals surface area contributed by atoms with Crippen LogP contribution in [0.25, 0.3) is 28.3 Å². The highest BCUT2D eigenvalue weighted by molar-refractivity contribution is 6.31. The van der Waals surface area contributed by atoms with Crippen molar-refractivity contribution in [3.8, 4) is 22.3 Å². The summed E-state index contributed by atoms with van der Waals surface area (Å²) < 4.78 is 5.14. The normalized spacial score (nSPS) is 14.3. The van der Waals surface area contributed by atoms with E-state index < -0.39 is 0 Å². The van der Waals surface area contributed by atoms with Gasteiger partial charge < -0.3 is 4.74 Å². The Kier molecular flexibility index (Phi) is 4.13. The van der Waals surface area contributed by atoms with E-state index in [1.54, 1.807) is 13.4 Å². The molecule has 3 aromatic rings. The minimum absolute atomic E-state index is 0.0109. The maximum atomic E-state index is 6.35. The maximum absolute atomic E-state index is 6.35. The molecule has 0 amide bonds. The molecule has 0 unspecified atom stereocenters. The Balaban J connectivity index is 2.03. The number of ether oxygens (including phenoxy) is 1. The van der Waals surface area contributed by atoms with Gasteiger partial charge >= 0.3 is 0 Å². The monoisotopic (exact) mass is 360 g/mol. The van der Waals surface area contributed by atoms with Gasteiger partial charge in [0.2, 0.25) is 0 Å². The van der Waals surface area contributed by atoms with Crippen LogP contribution in [0.4, 0.5) is 0 Å². The second kappa shape index (κ2) is 6.34. The van der Waals surface area contributed by atoms with Crippen LogP contribution < -0.4 is 0 Å². The molecule has 0 heterocycles. The van der Waals surface area contributed by atoms with Crippen molar-refractivity contribution in [3.05, 3.63) is 88.6 Å². The van der Waals surface area contributed by atoms with Crippen LogP contribution >= 0.6 is 11.6 Å². The maximum Gasteiger partial charge on any atom is 0.0830 e. The Bertz CT molecular complexity index is 1010. The van der Waals surface area contributed by atoms with Gasteiger partial charge in [0.05, 0.1) is 13.4 Å². The number of benzene rings is 3. The third kappa shape index (κ3) is 2.55. The lowest BCUT2D eigenvalue weighted by Crippen LogP contribution is -2.14. The molecular formula is C24H21ClO. The highest BCUT2D eigenvalue weighted by Crippen LogP contribution is 2.52. The Morgan fingerprint density at radius 3 is 2.38 bits per heavy atom. The second-order valence-corrected chi connectivity index (χ2v) is 7.61. The molecule has 0 aromatic heterocycles. The van der Waals surface area contributed by atoms with Crippen molar-refractivity contribution in [2.45, 2.75) is 19.3 Å². The van der Waals surface area contributed by atoms with Crippen LogP contribution in [0.3, 0.4) is 0 Å². The standard InChI is InChI=1S/C24H21ClO/c1-24(2)21-9-5-4-7-19(21)23-18(8-6-10-22(23)24)20-15-17(25)12-11-16(20)13-14-26-3/h4-15H,1-3H3/b14-13-. The molecular weight excluding hydrogens is 340 g/mol. The van der Waals surface area contributed by atoms with Gasteiger partial charge in [-0.25, -0.2) is 0 Å². The van der Waals surface area contributed by atoms with E-state index in [1.165, 1.54) is 27.8 Å². The molecule has 1 aliphatic rings. The second-order valence-electron chi connectivity index (χ2n) is 7.17. The summed E-state index contributed by atoms with van der Waals surface area (Å²) in [6, 6.07) is 21.3. The first-order chi connectivity index (χ1) is 12.5. The number of rotatable bonds is 3. The Morgan fingerprint density at radius 2 is 1.58 bits per heavy atom. The molecule has 3 aromatic carbocycles. The van der Waals surface area contributed by atoms with E-state index in [4.69, 9.17) is 16.3 Å². The lowest BCUT2D eigenvalue weighted by atomic mass is 9.82. The third-order valence-corrected chi connectivity index (χ3v) is 5.53. The number of fused-ring (bicyclic) bond motifs is 3. The van der Waals surface area contributed by atoms with Crippen LogP contribution in [0.1, 0.15) is 30.5 Å². The molecule has 0 atom stereocenters. The zero-order valence-electron chi connectivity index (χ0n) is 15.2. The zero-order chi connectivity index (χ0) is 18.3. The lowest BCUT2D eigenvalue weighted by Gasteiger charge is -2.21. The SMILES string of the molecule is CO/C=C\c1ccc(Cl)cc1-c1cccc2c1-c1ccccc1C2(C)C. The first-order valence-electron chi connectivity index (χ1n) is 8.76. The molecule has 0 aliphatic heterocycles. The average Bonchev–Trinajstić information content (AvgIpc) is 2.89. The fraction of sp³-hybridized carbons (Fsp3) is 0.167. The van der Waals surface area contributed by atoms with Gasteiger partial charge in [0.25, 0.3) is 0 Å². The van der Waals surface area contributed by atoms with Crippen molar-refractivity contribution in [2.75, 3.05) is 7.11 Å². The number of halogens is 1. The Morgan fingerprint density at radius 1 is 0.846 bits per heavy atom. The topological polar surface area (TPSA) is 9.23 Å². The van der Waals surface area contributed by atoms with Crippen LogP contribution in [0, 0.1) is 0 Å². The molecule has 130 valence electrons. The highest BCUT2D eigenvalue weighted by atomic mass is 35.5. The van der Waals surface area contributed by atoms with E-state index >= 15 is 0 Å². The average molecular weight is 361 g/mol. The minimum Gasteiger partial charge on any atom is -0.504 e. The molecule has 2 heteroatoms. The summed E-state index contributed by atoms with van der Waals surface area (Å²) in [5.74, 6) is 0. The first kappa shape index (κ1) is 16.9. The van der Waals surface area contributed by atoms with Crippen LogP contribution in [0.2, 0.25) is 5.02 Å². The first-order valence-corrected chi connectivity index (χ1v) is 9.14. The summed E-state index contributed by atoms with van der Waals surface area (Å²) in [4.78, 5) is 0. The number of hydrogen-bond acceptors (Lipinski definition) is 1. The van der Waals surface area contributed by atoms with Gasteiger partial charge in [0.15, 0.2) is 0 Å². The van der Waals surface area contributed by atoms with Gasteiger partial charge in [0.1, 0.15) is 0 Å². The smallest absolute Gasteiger partial charge is 0.0830 e. The number of methoxy groups -OCH3 is 1. The van der Waals surface area contributed by atoms with Crippen molar-refractivity contribution in [1.29, 1.82) is 0 Å². The van der Waals surface area contributed by atoms with Crippen LogP contribution in [-0.2, 0) is 10.2 Å². The van der Waals surface area contributed by atoms with E-state index in [0.717, 1.165) is 16.1 Å². The van der Waals surface area contributed by atoms with Crippen LogP contribution in [0.15, 0.2) is 66.9 Å². The van der Waals surface area contributed by atoms with Crippen molar-refractivity contribution in [3.63, 3.8) is 0 Å². The van der Waals surface area contributed by atoms with Crippen molar-refractivity contribution in [2.24, 2.45) is 0 Å². The molecule has 0 radical (unpaired) electrons. The zero-order valence-corrected chi connectivity index (χ0v) is 16.0. The Hall–Kier alpha value is -2.51. The van der Waals surface area contributed by atoms with Crippen LogP contribution in [-0.4, -0.2) is 7.11 Å². The highest BCUT2D eigenvalue weighted by Gasteiger charge is 2.36. The summed E-state index contributed by atoms with van der Waals surface area (Å²) in [6.07, 6.45) is 3.69.